The van der Waals surface area contributed by atoms with E-state index in [0.717, 1.165) is 61.0 Å². The number of thiophene rings is 1. The van der Waals surface area contributed by atoms with E-state index in [-0.39, 0.29) is 12.7 Å². The summed E-state index contributed by atoms with van der Waals surface area (Å²) in [5.74, 6) is 1.18. The van der Waals surface area contributed by atoms with Crippen molar-refractivity contribution in [2.24, 2.45) is 0 Å². The highest BCUT2D eigenvalue weighted by atomic mass is 32.1. The number of ether oxygens (including phenoxy) is 1. The molecule has 0 amide bonds. The molecule has 0 aliphatic heterocycles. The van der Waals surface area contributed by atoms with E-state index in [1.807, 2.05) is 0 Å². The monoisotopic (exact) mass is 334 g/mol. The Morgan fingerprint density at radius 3 is 2.78 bits per heavy atom. The molecule has 0 radical (unpaired) electrons. The number of aliphatic hydroxyl groups excluding tert-OH is 1. The van der Waals surface area contributed by atoms with Gasteiger partial charge in [-0.15, -0.1) is 11.3 Å². The molecule has 126 valence electrons. The smallest absolute Gasteiger partial charge is 0.225 e. The van der Waals surface area contributed by atoms with Crippen LogP contribution in [-0.2, 0) is 6.42 Å². The third-order valence-corrected chi connectivity index (χ3v) is 5.85. The second kappa shape index (κ2) is 7.58. The van der Waals surface area contributed by atoms with Gasteiger partial charge in [0.2, 0.25) is 5.88 Å². The maximum absolute atomic E-state index is 9.36. The average molecular weight is 334 g/mol. The van der Waals surface area contributed by atoms with Gasteiger partial charge in [0.1, 0.15) is 17.3 Å². The van der Waals surface area contributed by atoms with Crippen LogP contribution in [0.15, 0.2) is 6.33 Å². The van der Waals surface area contributed by atoms with Gasteiger partial charge in [0.05, 0.1) is 5.39 Å². The minimum absolute atomic E-state index is 0.233. The molecular weight excluding hydrogens is 308 g/mol. The average Bonchev–Trinajstić information content (AvgIpc) is 3.08. The maximum atomic E-state index is 9.36. The molecule has 1 aliphatic carbocycles. The van der Waals surface area contributed by atoms with E-state index >= 15 is 0 Å². The molecule has 1 aliphatic rings. The quantitative estimate of drug-likeness (QED) is 0.775. The molecular formula is C18H26N2O2S. The van der Waals surface area contributed by atoms with Gasteiger partial charge >= 0.3 is 0 Å². The lowest BCUT2D eigenvalue weighted by Gasteiger charge is -2.18. The highest BCUT2D eigenvalue weighted by Crippen LogP contribution is 2.47. The van der Waals surface area contributed by atoms with Gasteiger partial charge < -0.3 is 9.84 Å². The highest BCUT2D eigenvalue weighted by molar-refractivity contribution is 7.19. The second-order valence-electron chi connectivity index (χ2n) is 6.36. The van der Waals surface area contributed by atoms with Gasteiger partial charge in [0.15, 0.2) is 0 Å². The molecule has 1 unspecified atom stereocenters. The molecule has 0 saturated heterocycles. The topological polar surface area (TPSA) is 55.2 Å². The van der Waals surface area contributed by atoms with Gasteiger partial charge in [-0.25, -0.2) is 9.97 Å². The predicted molar refractivity (Wildman–Crippen MR) is 94.4 cm³/mol. The Bertz CT molecular complexity index is 650. The molecule has 1 atom stereocenters. The van der Waals surface area contributed by atoms with Crippen LogP contribution in [0.3, 0.4) is 0 Å². The molecule has 2 aromatic heterocycles. The highest BCUT2D eigenvalue weighted by Gasteiger charge is 2.30. The fourth-order valence-electron chi connectivity index (χ4n) is 3.64. The first-order valence-electron chi connectivity index (χ1n) is 8.82. The largest absolute Gasteiger partial charge is 0.474 e. The Labute approximate surface area is 141 Å². The predicted octanol–water partition coefficient (Wildman–Crippen LogP) is 4.45. The van der Waals surface area contributed by atoms with Crippen molar-refractivity contribution < 1.29 is 9.84 Å². The molecule has 0 saturated carbocycles. The Morgan fingerprint density at radius 2 is 2.09 bits per heavy atom. The van der Waals surface area contributed by atoms with Crippen molar-refractivity contribution in [1.29, 1.82) is 0 Å². The van der Waals surface area contributed by atoms with E-state index in [2.05, 4.69) is 23.8 Å². The fraction of sp³-hybridized carbons (Fsp3) is 0.667. The van der Waals surface area contributed by atoms with Gasteiger partial charge in [-0.05, 0) is 43.6 Å². The zero-order valence-corrected chi connectivity index (χ0v) is 14.9. The number of rotatable bonds is 8. The minimum Gasteiger partial charge on any atom is -0.474 e. The van der Waals surface area contributed by atoms with Crippen LogP contribution in [0.5, 0.6) is 5.88 Å². The number of fused-ring (bicyclic) bond motifs is 3. The number of aliphatic hydroxyl groups is 1. The van der Waals surface area contributed by atoms with E-state index in [9.17, 15) is 5.11 Å². The summed E-state index contributed by atoms with van der Waals surface area (Å²) in [6, 6.07) is 0. The molecule has 0 bridgehead atoms. The molecule has 2 aromatic rings. The van der Waals surface area contributed by atoms with Crippen LogP contribution >= 0.6 is 11.3 Å². The van der Waals surface area contributed by atoms with Crippen LogP contribution in [-0.4, -0.2) is 27.8 Å². The Morgan fingerprint density at radius 1 is 1.30 bits per heavy atom. The zero-order valence-electron chi connectivity index (χ0n) is 14.0. The van der Waals surface area contributed by atoms with E-state index in [1.165, 1.54) is 10.4 Å². The SMILES string of the molecule is CCCC(CCC)Oc1ncnc2sc3c(c12)C(CCO)CC3. The Balaban J connectivity index is 1.97. The van der Waals surface area contributed by atoms with Crippen LogP contribution in [0.2, 0.25) is 0 Å². The lowest BCUT2D eigenvalue weighted by Crippen LogP contribution is -2.17. The first-order chi connectivity index (χ1) is 11.3. The van der Waals surface area contributed by atoms with Crippen molar-refractivity contribution in [3.8, 4) is 5.88 Å². The normalized spacial score (nSPS) is 17.1. The molecule has 3 rings (SSSR count). The molecule has 0 spiro atoms. The van der Waals surface area contributed by atoms with Crippen molar-refractivity contribution in [3.05, 3.63) is 16.8 Å². The van der Waals surface area contributed by atoms with Gasteiger partial charge in [-0.2, -0.15) is 0 Å². The third kappa shape index (κ3) is 3.36. The Hall–Kier alpha value is -1.20. The number of nitrogens with zero attached hydrogens (tertiary/aromatic N) is 2. The van der Waals surface area contributed by atoms with Crippen molar-refractivity contribution in [2.45, 2.75) is 70.8 Å². The zero-order chi connectivity index (χ0) is 16.2. The second-order valence-corrected chi connectivity index (χ2v) is 7.45. The van der Waals surface area contributed by atoms with Gasteiger partial charge in [0.25, 0.3) is 0 Å². The molecule has 0 aromatic carbocycles. The van der Waals surface area contributed by atoms with Crippen LogP contribution < -0.4 is 4.74 Å². The van der Waals surface area contributed by atoms with E-state index < -0.39 is 0 Å². The first kappa shape index (κ1) is 16.7. The van der Waals surface area contributed by atoms with Crippen LogP contribution in [0.4, 0.5) is 0 Å². The lowest BCUT2D eigenvalue weighted by atomic mass is 9.98. The number of hydrogen-bond acceptors (Lipinski definition) is 5. The number of aromatic nitrogens is 2. The van der Waals surface area contributed by atoms with E-state index in [1.54, 1.807) is 17.7 Å². The third-order valence-electron chi connectivity index (χ3n) is 4.67. The summed E-state index contributed by atoms with van der Waals surface area (Å²) in [7, 11) is 0. The van der Waals surface area contributed by atoms with Gasteiger partial charge in [-0.1, -0.05) is 26.7 Å². The first-order valence-corrected chi connectivity index (χ1v) is 9.63. The van der Waals surface area contributed by atoms with Crippen molar-refractivity contribution >= 4 is 21.6 Å². The molecule has 4 nitrogen and oxygen atoms in total. The molecule has 2 heterocycles. The van der Waals surface area contributed by atoms with E-state index in [4.69, 9.17) is 4.74 Å². The van der Waals surface area contributed by atoms with Crippen molar-refractivity contribution in [1.82, 2.24) is 9.97 Å². The van der Waals surface area contributed by atoms with E-state index in [0.29, 0.717) is 5.92 Å². The number of hydrogen-bond donors (Lipinski definition) is 1. The van der Waals surface area contributed by atoms with Crippen LogP contribution in [0.1, 0.15) is 68.7 Å². The summed E-state index contributed by atoms with van der Waals surface area (Å²) in [4.78, 5) is 11.4. The molecule has 1 N–H and O–H groups in total. The summed E-state index contributed by atoms with van der Waals surface area (Å²) < 4.78 is 6.31. The van der Waals surface area contributed by atoms with Crippen molar-refractivity contribution in [3.63, 3.8) is 0 Å². The summed E-state index contributed by atoms with van der Waals surface area (Å²) in [5, 5.41) is 10.5. The maximum Gasteiger partial charge on any atom is 0.225 e. The molecule has 23 heavy (non-hydrogen) atoms. The van der Waals surface area contributed by atoms with Crippen LogP contribution in [0.25, 0.3) is 10.2 Å². The summed E-state index contributed by atoms with van der Waals surface area (Å²) in [6.07, 6.45) is 9.25. The molecule has 5 heteroatoms. The standard InChI is InChI=1S/C18H26N2O2S/c1-3-5-13(6-4-2)22-17-16-15-12(9-10-21)7-8-14(15)23-18(16)20-11-19-17/h11-13,21H,3-10H2,1-2H3. The minimum atomic E-state index is 0.233. The summed E-state index contributed by atoms with van der Waals surface area (Å²) in [6.45, 7) is 4.63. The number of aryl methyl sites for hydroxylation is 1. The summed E-state index contributed by atoms with van der Waals surface area (Å²) >= 11 is 1.77. The van der Waals surface area contributed by atoms with Gasteiger partial charge in [0, 0.05) is 11.5 Å². The lowest BCUT2D eigenvalue weighted by molar-refractivity contribution is 0.174. The van der Waals surface area contributed by atoms with Gasteiger partial charge in [-0.3, -0.25) is 0 Å². The van der Waals surface area contributed by atoms with Crippen LogP contribution in [0, 0.1) is 0 Å². The fourth-order valence-corrected chi connectivity index (χ4v) is 4.87. The van der Waals surface area contributed by atoms with Crippen molar-refractivity contribution in [2.75, 3.05) is 6.61 Å². The molecule has 0 fully saturated rings. The Kier molecular flexibility index (Phi) is 5.49. The summed E-state index contributed by atoms with van der Waals surface area (Å²) in [5.41, 5.74) is 1.35.